The molecule has 0 unspecified atom stereocenters. The van der Waals surface area contributed by atoms with Crippen molar-refractivity contribution >= 4 is 5.91 Å². The molecule has 3 rings (SSSR count). The van der Waals surface area contributed by atoms with E-state index in [9.17, 15) is 18.0 Å². The highest BCUT2D eigenvalue weighted by Crippen LogP contribution is 2.31. The first-order chi connectivity index (χ1) is 10.9. The molecule has 2 aliphatic heterocycles. The van der Waals surface area contributed by atoms with Crippen LogP contribution < -0.4 is 0 Å². The average molecular weight is 327 g/mol. The number of alkyl halides is 3. The molecule has 0 radical (unpaired) electrons. The van der Waals surface area contributed by atoms with Gasteiger partial charge in [-0.05, 0) is 51.4 Å². The van der Waals surface area contributed by atoms with Gasteiger partial charge in [0.05, 0.1) is 5.56 Å². The number of rotatable bonds is 2. The van der Waals surface area contributed by atoms with Crippen LogP contribution in [0.15, 0.2) is 18.3 Å². The van der Waals surface area contributed by atoms with Crippen molar-refractivity contribution in [2.45, 2.75) is 43.9 Å². The van der Waals surface area contributed by atoms with Crippen LogP contribution in [0.25, 0.3) is 0 Å². The number of halogens is 3. The minimum Gasteiger partial charge on any atom is -0.334 e. The molecule has 7 heteroatoms. The second-order valence-corrected chi connectivity index (χ2v) is 6.33. The number of pyridine rings is 1. The van der Waals surface area contributed by atoms with Gasteiger partial charge in [-0.15, -0.1) is 0 Å². The van der Waals surface area contributed by atoms with Gasteiger partial charge in [-0.2, -0.15) is 13.2 Å². The summed E-state index contributed by atoms with van der Waals surface area (Å²) in [4.78, 5) is 20.2. The Kier molecular flexibility index (Phi) is 4.31. The highest BCUT2D eigenvalue weighted by molar-refractivity contribution is 5.94. The van der Waals surface area contributed by atoms with Crippen LogP contribution in [0.2, 0.25) is 0 Å². The van der Waals surface area contributed by atoms with Gasteiger partial charge in [0, 0.05) is 24.8 Å². The van der Waals surface area contributed by atoms with Gasteiger partial charge in [-0.1, -0.05) is 0 Å². The molecule has 0 spiro atoms. The molecular weight excluding hydrogens is 307 g/mol. The maximum absolute atomic E-state index is 12.7. The highest BCUT2D eigenvalue weighted by atomic mass is 19.4. The highest BCUT2D eigenvalue weighted by Gasteiger charge is 2.39. The van der Waals surface area contributed by atoms with E-state index in [4.69, 9.17) is 0 Å². The number of carbonyl (C=O) groups excluding carboxylic acids is 1. The summed E-state index contributed by atoms with van der Waals surface area (Å²) in [5.41, 5.74) is -0.743. The van der Waals surface area contributed by atoms with E-state index < -0.39 is 11.9 Å². The van der Waals surface area contributed by atoms with E-state index in [0.717, 1.165) is 44.5 Å². The van der Waals surface area contributed by atoms with E-state index in [1.807, 2.05) is 4.90 Å². The Labute approximate surface area is 133 Å². The predicted octanol–water partition coefficient (Wildman–Crippen LogP) is 2.80. The van der Waals surface area contributed by atoms with E-state index in [-0.39, 0.29) is 17.5 Å². The molecule has 3 heterocycles. The van der Waals surface area contributed by atoms with Gasteiger partial charge in [-0.3, -0.25) is 9.78 Å². The van der Waals surface area contributed by atoms with Crippen molar-refractivity contribution in [1.29, 1.82) is 0 Å². The zero-order valence-corrected chi connectivity index (χ0v) is 13.0. The molecule has 0 N–H and O–H groups in total. The molecule has 23 heavy (non-hydrogen) atoms. The molecule has 4 nitrogen and oxygen atoms in total. The van der Waals surface area contributed by atoms with Crippen LogP contribution in [0.5, 0.6) is 0 Å². The summed E-state index contributed by atoms with van der Waals surface area (Å²) in [6.45, 7) is 1.69. The van der Waals surface area contributed by atoms with Gasteiger partial charge >= 0.3 is 6.18 Å². The van der Waals surface area contributed by atoms with E-state index in [1.54, 1.807) is 0 Å². The number of aromatic nitrogens is 1. The summed E-state index contributed by atoms with van der Waals surface area (Å²) in [7, 11) is 2.07. The Morgan fingerprint density at radius 1 is 1.17 bits per heavy atom. The largest absolute Gasteiger partial charge is 0.433 e. The first-order valence-electron chi connectivity index (χ1n) is 7.92. The normalized spacial score (nSPS) is 26.0. The average Bonchev–Trinajstić information content (AvgIpc) is 3.14. The number of hydrogen-bond donors (Lipinski definition) is 0. The van der Waals surface area contributed by atoms with E-state index in [2.05, 4.69) is 16.9 Å². The predicted molar refractivity (Wildman–Crippen MR) is 78.9 cm³/mol. The van der Waals surface area contributed by atoms with Crippen molar-refractivity contribution in [3.63, 3.8) is 0 Å². The van der Waals surface area contributed by atoms with Crippen LogP contribution in [0.3, 0.4) is 0 Å². The van der Waals surface area contributed by atoms with E-state index >= 15 is 0 Å². The Morgan fingerprint density at radius 3 is 2.43 bits per heavy atom. The standard InChI is InChI=1S/C16H20F3N3O/c1-21-8-2-4-12(21)13-5-3-9-22(13)15(23)11-6-7-14(20-10-11)16(17,18)19/h6-7,10,12-13H,2-5,8-9H2,1H3/t12-,13-/m0/s1. The van der Waals surface area contributed by atoms with Crippen LogP contribution in [0.4, 0.5) is 13.2 Å². The molecule has 1 aromatic heterocycles. The molecule has 0 aliphatic carbocycles. The zero-order chi connectivity index (χ0) is 16.6. The number of likely N-dealkylation sites (N-methyl/N-ethyl adjacent to an activating group) is 1. The van der Waals surface area contributed by atoms with Crippen LogP contribution in [0, 0.1) is 0 Å². The van der Waals surface area contributed by atoms with Crippen molar-refractivity contribution in [1.82, 2.24) is 14.8 Å². The molecule has 0 aromatic carbocycles. The number of likely N-dealkylation sites (tertiary alicyclic amines) is 2. The number of carbonyl (C=O) groups is 1. The van der Waals surface area contributed by atoms with Gasteiger partial charge in [0.25, 0.3) is 5.91 Å². The van der Waals surface area contributed by atoms with Gasteiger partial charge in [-0.25, -0.2) is 0 Å². The minimum atomic E-state index is -4.48. The summed E-state index contributed by atoms with van der Waals surface area (Å²) in [5, 5.41) is 0. The Hall–Kier alpha value is -1.63. The van der Waals surface area contributed by atoms with Crippen molar-refractivity contribution in [3.05, 3.63) is 29.6 Å². The lowest BCUT2D eigenvalue weighted by Gasteiger charge is -2.33. The second-order valence-electron chi connectivity index (χ2n) is 6.33. The molecule has 2 fully saturated rings. The van der Waals surface area contributed by atoms with Crippen molar-refractivity contribution in [3.8, 4) is 0 Å². The monoisotopic (exact) mass is 327 g/mol. The molecule has 1 amide bonds. The third kappa shape index (κ3) is 3.20. The fourth-order valence-corrected chi connectivity index (χ4v) is 3.72. The summed E-state index contributed by atoms with van der Waals surface area (Å²) in [6.07, 6.45) is 0.643. The molecular formula is C16H20F3N3O. The summed E-state index contributed by atoms with van der Waals surface area (Å²) >= 11 is 0. The Morgan fingerprint density at radius 2 is 1.87 bits per heavy atom. The molecule has 0 bridgehead atoms. The number of hydrogen-bond acceptors (Lipinski definition) is 3. The lowest BCUT2D eigenvalue weighted by atomic mass is 10.0. The molecule has 0 saturated carbocycles. The fourth-order valence-electron chi connectivity index (χ4n) is 3.72. The first-order valence-corrected chi connectivity index (χ1v) is 7.92. The van der Waals surface area contributed by atoms with Crippen molar-refractivity contribution in [2.24, 2.45) is 0 Å². The molecule has 1 aromatic rings. The second kappa shape index (κ2) is 6.11. The maximum Gasteiger partial charge on any atom is 0.433 e. The molecule has 2 atom stereocenters. The summed E-state index contributed by atoms with van der Waals surface area (Å²) < 4.78 is 37.7. The van der Waals surface area contributed by atoms with Gasteiger partial charge < -0.3 is 9.80 Å². The molecule has 126 valence electrons. The number of nitrogens with zero attached hydrogens (tertiary/aromatic N) is 3. The van der Waals surface area contributed by atoms with Crippen LogP contribution >= 0.6 is 0 Å². The van der Waals surface area contributed by atoms with Gasteiger partial charge in [0.15, 0.2) is 0 Å². The smallest absolute Gasteiger partial charge is 0.334 e. The van der Waals surface area contributed by atoms with Crippen molar-refractivity contribution < 1.29 is 18.0 Å². The van der Waals surface area contributed by atoms with Gasteiger partial charge in [0.2, 0.25) is 0 Å². The third-order valence-corrected chi connectivity index (χ3v) is 4.88. The summed E-state index contributed by atoms with van der Waals surface area (Å²) in [5.74, 6) is -0.214. The number of amides is 1. The lowest BCUT2D eigenvalue weighted by Crippen LogP contribution is -2.47. The Bertz CT molecular complexity index is 573. The quantitative estimate of drug-likeness (QED) is 0.838. The zero-order valence-electron chi connectivity index (χ0n) is 13.0. The fraction of sp³-hybridized carbons (Fsp3) is 0.625. The first kappa shape index (κ1) is 16.2. The Balaban J connectivity index is 1.76. The lowest BCUT2D eigenvalue weighted by molar-refractivity contribution is -0.141. The van der Waals surface area contributed by atoms with E-state index in [0.29, 0.717) is 12.6 Å². The SMILES string of the molecule is CN1CCC[C@H]1[C@@H]1CCCN1C(=O)c1ccc(C(F)(F)F)nc1. The molecule has 2 saturated heterocycles. The maximum atomic E-state index is 12.7. The minimum absolute atomic E-state index is 0.150. The van der Waals surface area contributed by atoms with Crippen LogP contribution in [-0.2, 0) is 6.18 Å². The third-order valence-electron chi connectivity index (χ3n) is 4.88. The summed E-state index contributed by atoms with van der Waals surface area (Å²) in [6, 6.07) is 2.60. The van der Waals surface area contributed by atoms with Crippen molar-refractivity contribution in [2.75, 3.05) is 20.1 Å². The van der Waals surface area contributed by atoms with Gasteiger partial charge in [0.1, 0.15) is 5.69 Å². The van der Waals surface area contributed by atoms with Crippen LogP contribution in [0.1, 0.15) is 41.7 Å². The molecule has 2 aliphatic rings. The topological polar surface area (TPSA) is 36.4 Å². The van der Waals surface area contributed by atoms with Crippen LogP contribution in [-0.4, -0.2) is 52.9 Å². The van der Waals surface area contributed by atoms with E-state index in [1.165, 1.54) is 6.07 Å².